The molecule has 3 heteroatoms. The van der Waals surface area contributed by atoms with Crippen molar-refractivity contribution in [3.63, 3.8) is 0 Å². The zero-order valence-corrected chi connectivity index (χ0v) is 7.03. The summed E-state index contributed by atoms with van der Waals surface area (Å²) in [5.74, 6) is 0. The summed E-state index contributed by atoms with van der Waals surface area (Å²) in [5.41, 5.74) is 5.37. The highest BCUT2D eigenvalue weighted by Gasteiger charge is 2.05. The lowest BCUT2D eigenvalue weighted by Crippen LogP contribution is -2.38. The van der Waals surface area contributed by atoms with Gasteiger partial charge in [-0.05, 0) is 25.6 Å². The first kappa shape index (κ1) is 8.69. The van der Waals surface area contributed by atoms with Crippen LogP contribution in [-0.2, 0) is 0 Å². The molecule has 1 atom stereocenters. The third kappa shape index (κ3) is 2.65. The van der Waals surface area contributed by atoms with Gasteiger partial charge in [0.15, 0.2) is 5.11 Å². The Morgan fingerprint density at radius 1 is 1.78 bits per heavy atom. The van der Waals surface area contributed by atoms with Gasteiger partial charge in [-0.2, -0.15) is 0 Å². The van der Waals surface area contributed by atoms with Crippen LogP contribution in [0.3, 0.4) is 0 Å². The molecule has 0 heterocycles. The summed E-state index contributed by atoms with van der Waals surface area (Å²) in [6.45, 7) is 4.21. The lowest BCUT2D eigenvalue weighted by molar-refractivity contribution is 0.383. The van der Waals surface area contributed by atoms with E-state index >= 15 is 0 Å². The number of nitrogens with two attached hydrogens (primary N) is 1. The van der Waals surface area contributed by atoms with Gasteiger partial charge in [0.05, 0.1) is 0 Å². The maximum absolute atomic E-state index is 5.37. The Morgan fingerprint density at radius 3 is 2.33 bits per heavy atom. The van der Waals surface area contributed by atoms with E-state index in [0.29, 0.717) is 11.2 Å². The summed E-state index contributed by atoms with van der Waals surface area (Å²) in [6.07, 6.45) is 1.08. The number of thiocarbonyl (C=S) groups is 1. The van der Waals surface area contributed by atoms with E-state index in [1.165, 1.54) is 0 Å². The van der Waals surface area contributed by atoms with Crippen LogP contribution in [0.25, 0.3) is 0 Å². The van der Waals surface area contributed by atoms with Gasteiger partial charge < -0.3 is 10.6 Å². The fraction of sp³-hybridized carbons (Fsp3) is 0.833. The van der Waals surface area contributed by atoms with E-state index in [-0.39, 0.29) is 0 Å². The van der Waals surface area contributed by atoms with Gasteiger partial charge in [-0.15, -0.1) is 0 Å². The molecule has 0 bridgehead atoms. The summed E-state index contributed by atoms with van der Waals surface area (Å²) in [6, 6.07) is 0.461. The maximum atomic E-state index is 5.37. The predicted molar refractivity (Wildman–Crippen MR) is 44.3 cm³/mol. The Bertz CT molecular complexity index is 103. The van der Waals surface area contributed by atoms with Gasteiger partial charge in [-0.25, -0.2) is 0 Å². The van der Waals surface area contributed by atoms with Crippen LogP contribution in [0.1, 0.15) is 20.3 Å². The monoisotopic (exact) mass is 146 g/mol. The molecule has 9 heavy (non-hydrogen) atoms. The Labute approximate surface area is 62.0 Å². The van der Waals surface area contributed by atoms with Crippen molar-refractivity contribution < 1.29 is 0 Å². The quantitative estimate of drug-likeness (QED) is 0.588. The van der Waals surface area contributed by atoms with E-state index in [9.17, 15) is 0 Å². The molecule has 0 aliphatic rings. The molecule has 0 aromatic rings. The van der Waals surface area contributed by atoms with Crippen LogP contribution >= 0.6 is 12.2 Å². The zero-order valence-electron chi connectivity index (χ0n) is 6.22. The topological polar surface area (TPSA) is 29.3 Å². The van der Waals surface area contributed by atoms with E-state index in [2.05, 4.69) is 13.8 Å². The lowest BCUT2D eigenvalue weighted by atomic mass is 10.2. The first-order chi connectivity index (χ1) is 4.09. The standard InChI is InChI=1S/C6H14N2S/c1-4-5(2)8(3)6(7)9/h5H,4H2,1-3H3,(H2,7,9). The van der Waals surface area contributed by atoms with Crippen LogP contribution in [0.5, 0.6) is 0 Å². The van der Waals surface area contributed by atoms with E-state index < -0.39 is 0 Å². The maximum Gasteiger partial charge on any atom is 0.166 e. The fourth-order valence-electron chi connectivity index (χ4n) is 0.491. The van der Waals surface area contributed by atoms with Crippen molar-refractivity contribution in [1.82, 2.24) is 4.90 Å². The van der Waals surface area contributed by atoms with Crippen molar-refractivity contribution in [3.8, 4) is 0 Å². The van der Waals surface area contributed by atoms with Crippen LogP contribution in [0, 0.1) is 0 Å². The minimum absolute atomic E-state index is 0.461. The Morgan fingerprint density at radius 2 is 2.22 bits per heavy atom. The molecule has 0 spiro atoms. The molecule has 0 aliphatic heterocycles. The molecule has 0 fully saturated rings. The summed E-state index contributed by atoms with van der Waals surface area (Å²) >= 11 is 4.76. The molecule has 2 nitrogen and oxygen atoms in total. The SMILES string of the molecule is CCC(C)N(C)C(N)=S. The molecule has 0 radical (unpaired) electrons. The summed E-state index contributed by atoms with van der Waals surface area (Å²) in [7, 11) is 1.91. The predicted octanol–water partition coefficient (Wildman–Crippen LogP) is 0.960. The molecule has 2 N–H and O–H groups in total. The minimum atomic E-state index is 0.461. The first-order valence-corrected chi connectivity index (χ1v) is 3.52. The molecule has 0 aromatic carbocycles. The second-order valence-corrected chi connectivity index (χ2v) is 2.62. The molecule has 54 valence electrons. The van der Waals surface area contributed by atoms with Crippen molar-refractivity contribution in [3.05, 3.63) is 0 Å². The molecule has 0 rings (SSSR count). The van der Waals surface area contributed by atoms with Crippen molar-refractivity contribution in [1.29, 1.82) is 0 Å². The van der Waals surface area contributed by atoms with Gasteiger partial charge in [0.2, 0.25) is 0 Å². The largest absolute Gasteiger partial charge is 0.376 e. The highest BCUT2D eigenvalue weighted by atomic mass is 32.1. The van der Waals surface area contributed by atoms with E-state index in [1.54, 1.807) is 0 Å². The molecule has 0 saturated heterocycles. The molecule has 0 saturated carbocycles. The van der Waals surface area contributed by atoms with E-state index in [4.69, 9.17) is 18.0 Å². The number of hydrogen-bond acceptors (Lipinski definition) is 1. The van der Waals surface area contributed by atoms with Crippen LogP contribution < -0.4 is 5.73 Å². The molecule has 0 aromatic heterocycles. The smallest absolute Gasteiger partial charge is 0.166 e. The molecule has 1 unspecified atom stereocenters. The highest BCUT2D eigenvalue weighted by Crippen LogP contribution is 1.98. The van der Waals surface area contributed by atoms with Crippen LogP contribution in [-0.4, -0.2) is 23.1 Å². The third-order valence-electron chi connectivity index (χ3n) is 1.60. The van der Waals surface area contributed by atoms with Crippen LogP contribution in [0.2, 0.25) is 0 Å². The Kier molecular flexibility index (Phi) is 3.54. The van der Waals surface area contributed by atoms with Crippen molar-refractivity contribution in [2.45, 2.75) is 26.3 Å². The van der Waals surface area contributed by atoms with Gasteiger partial charge in [0.1, 0.15) is 0 Å². The highest BCUT2D eigenvalue weighted by molar-refractivity contribution is 7.80. The Balaban J connectivity index is 3.72. The van der Waals surface area contributed by atoms with Gasteiger partial charge in [-0.3, -0.25) is 0 Å². The molecule has 0 amide bonds. The number of nitrogens with zero attached hydrogens (tertiary/aromatic N) is 1. The fourth-order valence-corrected chi connectivity index (χ4v) is 0.671. The van der Waals surface area contributed by atoms with Crippen LogP contribution in [0.15, 0.2) is 0 Å². The summed E-state index contributed by atoms with van der Waals surface area (Å²) in [4.78, 5) is 1.90. The van der Waals surface area contributed by atoms with Gasteiger partial charge in [0, 0.05) is 13.1 Å². The van der Waals surface area contributed by atoms with E-state index in [0.717, 1.165) is 6.42 Å². The van der Waals surface area contributed by atoms with Crippen LogP contribution in [0.4, 0.5) is 0 Å². The average Bonchev–Trinajstić information content (AvgIpc) is 1.84. The van der Waals surface area contributed by atoms with Gasteiger partial charge >= 0.3 is 0 Å². The van der Waals surface area contributed by atoms with Crippen molar-refractivity contribution in [2.24, 2.45) is 5.73 Å². The second-order valence-electron chi connectivity index (χ2n) is 2.21. The minimum Gasteiger partial charge on any atom is -0.376 e. The normalized spacial score (nSPS) is 12.8. The Hall–Kier alpha value is -0.310. The second kappa shape index (κ2) is 3.67. The average molecular weight is 146 g/mol. The van der Waals surface area contributed by atoms with Gasteiger partial charge in [0.25, 0.3) is 0 Å². The first-order valence-electron chi connectivity index (χ1n) is 3.11. The van der Waals surface area contributed by atoms with E-state index in [1.807, 2.05) is 11.9 Å². The molecular formula is C6H14N2S. The number of rotatable bonds is 2. The summed E-state index contributed by atoms with van der Waals surface area (Å²) < 4.78 is 0. The van der Waals surface area contributed by atoms with Gasteiger partial charge in [-0.1, -0.05) is 6.92 Å². The van der Waals surface area contributed by atoms with Crippen molar-refractivity contribution >= 4 is 17.3 Å². The van der Waals surface area contributed by atoms with Crippen molar-refractivity contribution in [2.75, 3.05) is 7.05 Å². The zero-order chi connectivity index (χ0) is 7.44. The lowest BCUT2D eigenvalue weighted by Gasteiger charge is -2.23. The molecule has 0 aliphatic carbocycles. The third-order valence-corrected chi connectivity index (χ3v) is 1.89. The summed E-state index contributed by atoms with van der Waals surface area (Å²) in [5, 5.41) is 0.476. The molecular weight excluding hydrogens is 132 g/mol. The number of hydrogen-bond donors (Lipinski definition) is 1.